The first-order valence-corrected chi connectivity index (χ1v) is 11.4. The summed E-state index contributed by atoms with van der Waals surface area (Å²) in [4.78, 5) is 57.9. The van der Waals surface area contributed by atoms with Crippen molar-refractivity contribution >= 4 is 40.2 Å². The van der Waals surface area contributed by atoms with Crippen LogP contribution in [0.25, 0.3) is 0 Å². The highest BCUT2D eigenvalue weighted by Gasteiger charge is 2.34. The lowest BCUT2D eigenvalue weighted by Crippen LogP contribution is -2.36. The van der Waals surface area contributed by atoms with E-state index in [4.69, 9.17) is 0 Å². The third-order valence-electron chi connectivity index (χ3n) is 5.37. The van der Waals surface area contributed by atoms with Crippen LogP contribution < -0.4 is 10.6 Å². The highest BCUT2D eigenvalue weighted by Crippen LogP contribution is 2.29. The van der Waals surface area contributed by atoms with Crippen LogP contribution in [0, 0.1) is 0 Å². The highest BCUT2D eigenvalue weighted by atomic mass is 32.1. The number of nitrogens with zero attached hydrogens (tertiary/aromatic N) is 3. The number of nitrogens with one attached hydrogen (secondary N) is 2. The first-order chi connectivity index (χ1) is 15.3. The van der Waals surface area contributed by atoms with Crippen molar-refractivity contribution < 1.29 is 19.2 Å². The monoisotopic (exact) mass is 455 g/mol. The summed E-state index contributed by atoms with van der Waals surface area (Å²) in [5.74, 6) is -0.619. The lowest BCUT2D eigenvalue weighted by Gasteiger charge is -2.26. The van der Waals surface area contributed by atoms with Crippen molar-refractivity contribution in [2.75, 3.05) is 18.4 Å². The highest BCUT2D eigenvalue weighted by molar-refractivity contribution is 7.15. The number of hydrogen-bond acceptors (Lipinski definition) is 6. The Morgan fingerprint density at radius 2 is 1.84 bits per heavy atom. The minimum atomic E-state index is -0.299. The van der Waals surface area contributed by atoms with Gasteiger partial charge >= 0.3 is 6.03 Å². The van der Waals surface area contributed by atoms with Gasteiger partial charge in [-0.05, 0) is 32.4 Å². The number of carbonyl (C=O) groups excluding carboxylic acids is 4. The van der Waals surface area contributed by atoms with Crippen molar-refractivity contribution in [2.24, 2.45) is 0 Å². The lowest BCUT2D eigenvalue weighted by molar-refractivity contribution is -0.132. The molecule has 1 aromatic heterocycles. The number of amides is 5. The zero-order valence-corrected chi connectivity index (χ0v) is 18.8. The summed E-state index contributed by atoms with van der Waals surface area (Å²) in [6, 6.07) is 6.50. The van der Waals surface area contributed by atoms with Crippen LogP contribution >= 0.6 is 11.3 Å². The largest absolute Gasteiger partial charge is 0.337 e. The maximum Gasteiger partial charge on any atom is 0.321 e. The number of urea groups is 1. The molecule has 3 heterocycles. The number of anilines is 1. The summed E-state index contributed by atoms with van der Waals surface area (Å²) < 4.78 is 0. The molecule has 0 aliphatic carbocycles. The van der Waals surface area contributed by atoms with E-state index in [-0.39, 0.29) is 42.8 Å². The molecule has 1 aromatic carbocycles. The van der Waals surface area contributed by atoms with E-state index in [2.05, 4.69) is 15.6 Å². The first-order valence-electron chi connectivity index (χ1n) is 10.6. The quantitative estimate of drug-likeness (QED) is 0.651. The summed E-state index contributed by atoms with van der Waals surface area (Å²) in [6.07, 6.45) is 1.30. The Morgan fingerprint density at radius 1 is 1.16 bits per heavy atom. The second-order valence-electron chi connectivity index (χ2n) is 8.12. The third kappa shape index (κ3) is 4.50. The number of thiazole rings is 1. The molecule has 10 heteroatoms. The molecule has 0 saturated carbocycles. The summed E-state index contributed by atoms with van der Waals surface area (Å²) >= 11 is 1.38. The van der Waals surface area contributed by atoms with Gasteiger partial charge in [0.25, 0.3) is 11.8 Å². The molecule has 168 valence electrons. The predicted octanol–water partition coefficient (Wildman–Crippen LogP) is 2.63. The van der Waals surface area contributed by atoms with E-state index in [0.29, 0.717) is 42.2 Å². The normalized spacial score (nSPS) is 15.1. The predicted molar refractivity (Wildman–Crippen MR) is 120 cm³/mol. The van der Waals surface area contributed by atoms with E-state index in [1.54, 1.807) is 29.2 Å². The molecule has 4 rings (SSSR count). The number of aromatic nitrogens is 1. The van der Waals surface area contributed by atoms with E-state index in [9.17, 15) is 19.2 Å². The molecule has 0 atom stereocenters. The Morgan fingerprint density at radius 3 is 2.50 bits per heavy atom. The van der Waals surface area contributed by atoms with Crippen molar-refractivity contribution in [3.8, 4) is 0 Å². The average Bonchev–Trinajstić information content (AvgIpc) is 3.26. The molecule has 9 nitrogen and oxygen atoms in total. The van der Waals surface area contributed by atoms with Crippen LogP contribution in [-0.2, 0) is 17.8 Å². The molecule has 2 aliphatic rings. The van der Waals surface area contributed by atoms with Gasteiger partial charge in [0.1, 0.15) is 0 Å². The Hall–Kier alpha value is -3.27. The van der Waals surface area contributed by atoms with Gasteiger partial charge in [0.05, 0.1) is 23.4 Å². The molecule has 0 saturated heterocycles. The number of fused-ring (bicyclic) bond motifs is 2. The SMILES string of the molecule is CC(C)NC(=O)Nc1nc2c(s1)CN(C(=O)CCCN1C(=O)c3ccccc3C1=O)CC2. The Balaban J connectivity index is 1.28. The fourth-order valence-corrected chi connectivity index (χ4v) is 4.86. The number of benzene rings is 1. The van der Waals surface area contributed by atoms with Crippen LogP contribution in [0.1, 0.15) is 58.0 Å². The molecule has 2 aromatic rings. The van der Waals surface area contributed by atoms with Gasteiger partial charge < -0.3 is 10.2 Å². The molecule has 0 bridgehead atoms. The van der Waals surface area contributed by atoms with Gasteiger partial charge in [-0.3, -0.25) is 24.6 Å². The van der Waals surface area contributed by atoms with E-state index in [1.807, 2.05) is 13.8 Å². The number of carbonyl (C=O) groups is 4. The van der Waals surface area contributed by atoms with Crippen LogP contribution in [0.3, 0.4) is 0 Å². The molecule has 5 amide bonds. The number of hydrogen-bond donors (Lipinski definition) is 2. The number of imide groups is 1. The summed E-state index contributed by atoms with van der Waals surface area (Å²) in [5.41, 5.74) is 1.75. The summed E-state index contributed by atoms with van der Waals surface area (Å²) in [7, 11) is 0. The van der Waals surface area contributed by atoms with Crippen molar-refractivity contribution in [2.45, 2.75) is 45.7 Å². The third-order valence-corrected chi connectivity index (χ3v) is 6.37. The maximum atomic E-state index is 12.7. The average molecular weight is 456 g/mol. The zero-order valence-electron chi connectivity index (χ0n) is 18.0. The van der Waals surface area contributed by atoms with E-state index < -0.39 is 0 Å². The number of rotatable bonds is 6. The molecular weight excluding hydrogens is 430 g/mol. The van der Waals surface area contributed by atoms with Crippen LogP contribution in [-0.4, -0.2) is 57.7 Å². The maximum absolute atomic E-state index is 12.7. The minimum absolute atomic E-state index is 0.0206. The van der Waals surface area contributed by atoms with Gasteiger partial charge in [0, 0.05) is 36.9 Å². The Bertz CT molecular complexity index is 1050. The Kier molecular flexibility index (Phi) is 6.22. The lowest BCUT2D eigenvalue weighted by atomic mass is 10.1. The van der Waals surface area contributed by atoms with Gasteiger partial charge in [-0.25, -0.2) is 9.78 Å². The van der Waals surface area contributed by atoms with Gasteiger partial charge in [-0.1, -0.05) is 23.5 Å². The second kappa shape index (κ2) is 9.07. The molecular formula is C22H25N5O4S. The van der Waals surface area contributed by atoms with Crippen LogP contribution in [0.2, 0.25) is 0 Å². The Labute approximate surface area is 189 Å². The van der Waals surface area contributed by atoms with Crippen molar-refractivity contribution in [3.63, 3.8) is 0 Å². The summed E-state index contributed by atoms with van der Waals surface area (Å²) in [6.45, 7) is 4.98. The van der Waals surface area contributed by atoms with Crippen molar-refractivity contribution in [1.29, 1.82) is 0 Å². The molecule has 2 aliphatic heterocycles. The smallest absolute Gasteiger partial charge is 0.321 e. The fourth-order valence-electron chi connectivity index (χ4n) is 3.85. The van der Waals surface area contributed by atoms with E-state index in [1.165, 1.54) is 16.2 Å². The molecule has 0 unspecified atom stereocenters. The fraction of sp³-hybridized carbons (Fsp3) is 0.409. The second-order valence-corrected chi connectivity index (χ2v) is 9.20. The van der Waals surface area contributed by atoms with Gasteiger partial charge in [-0.15, -0.1) is 0 Å². The zero-order chi connectivity index (χ0) is 22.8. The first kappa shape index (κ1) is 21.9. The topological polar surface area (TPSA) is 112 Å². The molecule has 0 radical (unpaired) electrons. The minimum Gasteiger partial charge on any atom is -0.337 e. The van der Waals surface area contributed by atoms with Crippen LogP contribution in [0.5, 0.6) is 0 Å². The standard InChI is InChI=1S/C22H25N5O4S/c1-13(2)23-21(31)25-22-24-16-9-11-26(12-17(16)32-22)18(28)8-5-10-27-19(29)14-6-3-4-7-15(14)20(27)30/h3-4,6-7,13H,5,8-12H2,1-2H3,(H2,23,24,25,31). The van der Waals surface area contributed by atoms with Gasteiger partial charge in [-0.2, -0.15) is 0 Å². The van der Waals surface area contributed by atoms with E-state index in [0.717, 1.165) is 10.6 Å². The molecule has 0 spiro atoms. The molecule has 2 N–H and O–H groups in total. The summed E-state index contributed by atoms with van der Waals surface area (Å²) in [5, 5.41) is 6.02. The van der Waals surface area contributed by atoms with Crippen LogP contribution in [0.15, 0.2) is 24.3 Å². The van der Waals surface area contributed by atoms with Gasteiger partial charge in [0.15, 0.2) is 5.13 Å². The molecule has 0 fully saturated rings. The van der Waals surface area contributed by atoms with Crippen molar-refractivity contribution in [3.05, 3.63) is 46.0 Å². The van der Waals surface area contributed by atoms with E-state index >= 15 is 0 Å². The van der Waals surface area contributed by atoms with Gasteiger partial charge in [0.2, 0.25) is 5.91 Å². The van der Waals surface area contributed by atoms with Crippen molar-refractivity contribution in [1.82, 2.24) is 20.1 Å². The molecule has 32 heavy (non-hydrogen) atoms. The van der Waals surface area contributed by atoms with Crippen LogP contribution in [0.4, 0.5) is 9.93 Å².